The predicted molar refractivity (Wildman–Crippen MR) is 118 cm³/mol. The predicted octanol–water partition coefficient (Wildman–Crippen LogP) is 0.252. The van der Waals surface area contributed by atoms with E-state index in [4.69, 9.17) is 5.73 Å². The number of hydrogen-bond donors (Lipinski definition) is 6. The lowest BCUT2D eigenvalue weighted by Gasteiger charge is -2.32. The van der Waals surface area contributed by atoms with E-state index in [-0.39, 0.29) is 24.5 Å². The molecule has 2 aliphatic rings. The Morgan fingerprint density at radius 2 is 1.72 bits per heavy atom. The van der Waals surface area contributed by atoms with Crippen LogP contribution in [0.3, 0.4) is 0 Å². The molecular weight excluding hydrogens is 412 g/mol. The summed E-state index contributed by atoms with van der Waals surface area (Å²) in [4.78, 5) is 37.0. The topological polar surface area (TPSA) is 154 Å². The number of aliphatic hydroxyl groups is 2. The third-order valence-electron chi connectivity index (χ3n) is 6.03. The highest BCUT2D eigenvalue weighted by Gasteiger charge is 2.34. The molecule has 3 rings (SSSR count). The van der Waals surface area contributed by atoms with Crippen molar-refractivity contribution in [1.82, 2.24) is 16.0 Å². The van der Waals surface area contributed by atoms with Crippen LogP contribution in [0.5, 0.6) is 0 Å². The Hall–Kier alpha value is -2.91. The smallest absolute Gasteiger partial charge is 0.315 e. The van der Waals surface area contributed by atoms with Crippen molar-refractivity contribution in [2.24, 2.45) is 5.73 Å². The van der Waals surface area contributed by atoms with Gasteiger partial charge >= 0.3 is 6.03 Å². The fraction of sp³-hybridized carbons (Fsp3) is 0.522. The number of amides is 4. The molecule has 0 bridgehead atoms. The summed E-state index contributed by atoms with van der Waals surface area (Å²) >= 11 is 0. The van der Waals surface area contributed by atoms with Gasteiger partial charge in [-0.3, -0.25) is 9.59 Å². The highest BCUT2D eigenvalue weighted by Crippen LogP contribution is 2.21. The Kier molecular flexibility index (Phi) is 8.24. The summed E-state index contributed by atoms with van der Waals surface area (Å²) in [6, 6.07) is 6.90. The summed E-state index contributed by atoms with van der Waals surface area (Å²) in [5, 5.41) is 28.7. The number of nitrogens with one attached hydrogen (secondary N) is 3. The fourth-order valence-electron chi connectivity index (χ4n) is 4.21. The lowest BCUT2D eigenvalue weighted by molar-refractivity contribution is -0.125. The summed E-state index contributed by atoms with van der Waals surface area (Å²) in [5.41, 5.74) is 6.47. The Morgan fingerprint density at radius 3 is 2.38 bits per heavy atom. The number of nitrogens with two attached hydrogens (primary N) is 1. The van der Waals surface area contributed by atoms with Gasteiger partial charge in [-0.25, -0.2) is 4.79 Å². The second-order valence-corrected chi connectivity index (χ2v) is 8.55. The van der Waals surface area contributed by atoms with Gasteiger partial charge in [-0.05, 0) is 18.4 Å². The number of carbonyl (C=O) groups is 3. The summed E-state index contributed by atoms with van der Waals surface area (Å²) < 4.78 is 0. The zero-order chi connectivity index (χ0) is 23.1. The van der Waals surface area contributed by atoms with Crippen LogP contribution in [0, 0.1) is 0 Å². The Bertz CT molecular complexity index is 838. The third kappa shape index (κ3) is 6.54. The minimum Gasteiger partial charge on any atom is -0.390 e. The molecule has 9 heteroatoms. The van der Waals surface area contributed by atoms with Crippen molar-refractivity contribution < 1.29 is 24.6 Å². The van der Waals surface area contributed by atoms with Crippen LogP contribution in [0.2, 0.25) is 0 Å². The van der Waals surface area contributed by atoms with Crippen molar-refractivity contribution >= 4 is 17.8 Å². The molecule has 0 spiro atoms. The number of carbonyl (C=O) groups excluding carboxylic acids is 3. The van der Waals surface area contributed by atoms with Gasteiger partial charge in [0.15, 0.2) is 0 Å². The van der Waals surface area contributed by atoms with E-state index >= 15 is 0 Å². The molecule has 0 aromatic heterocycles. The third-order valence-corrected chi connectivity index (χ3v) is 6.03. The zero-order valence-electron chi connectivity index (χ0n) is 18.0. The molecule has 0 heterocycles. The molecule has 4 amide bonds. The molecule has 0 saturated heterocycles. The maximum Gasteiger partial charge on any atom is 0.315 e. The van der Waals surface area contributed by atoms with Crippen LogP contribution in [-0.4, -0.2) is 58.4 Å². The summed E-state index contributed by atoms with van der Waals surface area (Å²) in [6.45, 7) is 0. The second-order valence-electron chi connectivity index (χ2n) is 8.55. The number of primary amides is 1. The molecule has 2 aliphatic carbocycles. The first-order valence-corrected chi connectivity index (χ1v) is 11.1. The van der Waals surface area contributed by atoms with Crippen LogP contribution in [0.15, 0.2) is 42.0 Å². The van der Waals surface area contributed by atoms with E-state index in [9.17, 15) is 24.6 Å². The Morgan fingerprint density at radius 1 is 1.03 bits per heavy atom. The van der Waals surface area contributed by atoms with Gasteiger partial charge in [0.05, 0.1) is 12.1 Å². The molecular formula is C23H32N4O5. The lowest BCUT2D eigenvalue weighted by Crippen LogP contribution is -2.55. The molecule has 1 fully saturated rings. The maximum absolute atomic E-state index is 12.8. The average Bonchev–Trinajstić information content (AvgIpc) is 2.77. The summed E-state index contributed by atoms with van der Waals surface area (Å²) in [7, 11) is 0. The molecule has 32 heavy (non-hydrogen) atoms. The van der Waals surface area contributed by atoms with E-state index < -0.39 is 42.1 Å². The molecule has 1 aromatic carbocycles. The van der Waals surface area contributed by atoms with E-state index in [1.165, 1.54) is 6.08 Å². The molecule has 0 aliphatic heterocycles. The van der Waals surface area contributed by atoms with Gasteiger partial charge in [-0.15, -0.1) is 0 Å². The number of urea groups is 1. The van der Waals surface area contributed by atoms with Gasteiger partial charge in [-0.2, -0.15) is 0 Å². The highest BCUT2D eigenvalue weighted by molar-refractivity contribution is 5.97. The molecule has 4 unspecified atom stereocenters. The highest BCUT2D eigenvalue weighted by atomic mass is 16.3. The van der Waals surface area contributed by atoms with Crippen LogP contribution in [-0.2, 0) is 16.0 Å². The molecule has 174 valence electrons. The van der Waals surface area contributed by atoms with Crippen molar-refractivity contribution in [3.63, 3.8) is 0 Å². The lowest BCUT2D eigenvalue weighted by atomic mass is 9.89. The number of hydrogen-bond acceptors (Lipinski definition) is 5. The van der Waals surface area contributed by atoms with Gasteiger partial charge in [0.1, 0.15) is 12.1 Å². The van der Waals surface area contributed by atoms with Crippen LogP contribution >= 0.6 is 0 Å². The normalized spacial score (nSPS) is 24.7. The Labute approximate surface area is 187 Å². The van der Waals surface area contributed by atoms with E-state index in [1.807, 2.05) is 30.3 Å². The standard InChI is InChI=1S/C23H32N4O5/c24-21(30)18(11-14-7-3-1-4-8-14)26-22(31)15-12-17(20(29)19(28)13-15)27-23(32)25-16-9-5-2-6-10-16/h1,3-4,7-8,12,16-20,28-29H,2,5-6,9-11,13H2,(H2,24,30)(H,26,31)(H2,25,27,32). The summed E-state index contributed by atoms with van der Waals surface area (Å²) in [5.74, 6) is -1.25. The van der Waals surface area contributed by atoms with Crippen molar-refractivity contribution in [3.05, 3.63) is 47.5 Å². The molecule has 9 nitrogen and oxygen atoms in total. The van der Waals surface area contributed by atoms with Crippen LogP contribution in [0.1, 0.15) is 44.1 Å². The largest absolute Gasteiger partial charge is 0.390 e. The van der Waals surface area contributed by atoms with E-state index in [1.54, 1.807) is 0 Å². The first-order valence-electron chi connectivity index (χ1n) is 11.1. The molecule has 1 aromatic rings. The number of benzene rings is 1. The molecule has 7 N–H and O–H groups in total. The van der Waals surface area contributed by atoms with Crippen molar-refractivity contribution in [3.8, 4) is 0 Å². The Balaban J connectivity index is 1.64. The van der Waals surface area contributed by atoms with E-state index in [0.717, 1.165) is 37.7 Å². The quantitative estimate of drug-likeness (QED) is 0.356. The van der Waals surface area contributed by atoms with Gasteiger partial charge in [0.2, 0.25) is 11.8 Å². The van der Waals surface area contributed by atoms with Gasteiger partial charge in [-0.1, -0.05) is 55.7 Å². The van der Waals surface area contributed by atoms with Crippen molar-refractivity contribution in [2.45, 2.75) is 75.3 Å². The molecule has 1 saturated carbocycles. The first kappa shape index (κ1) is 23.7. The van der Waals surface area contributed by atoms with Gasteiger partial charge in [0.25, 0.3) is 0 Å². The average molecular weight is 445 g/mol. The van der Waals surface area contributed by atoms with Crippen LogP contribution in [0.25, 0.3) is 0 Å². The van der Waals surface area contributed by atoms with E-state index in [0.29, 0.717) is 0 Å². The second kappa shape index (κ2) is 11.1. The minimum atomic E-state index is -1.25. The fourth-order valence-corrected chi connectivity index (χ4v) is 4.21. The maximum atomic E-state index is 12.8. The minimum absolute atomic E-state index is 0.0791. The SMILES string of the molecule is NC(=O)C(Cc1ccccc1)NC(=O)C1=CC(NC(=O)NC2CCCCC2)C(O)C(O)C1. The summed E-state index contributed by atoms with van der Waals surface area (Å²) in [6.07, 6.45) is 4.15. The zero-order valence-corrected chi connectivity index (χ0v) is 18.0. The number of rotatable bonds is 7. The van der Waals surface area contributed by atoms with Crippen molar-refractivity contribution in [2.75, 3.05) is 0 Å². The van der Waals surface area contributed by atoms with Crippen molar-refractivity contribution in [1.29, 1.82) is 0 Å². The first-order chi connectivity index (χ1) is 15.3. The monoisotopic (exact) mass is 444 g/mol. The van der Waals surface area contributed by atoms with Gasteiger partial charge in [0, 0.05) is 24.5 Å². The molecule has 0 radical (unpaired) electrons. The molecule has 4 atom stereocenters. The van der Waals surface area contributed by atoms with Gasteiger partial charge < -0.3 is 31.9 Å². The van der Waals surface area contributed by atoms with Crippen LogP contribution < -0.4 is 21.7 Å². The van der Waals surface area contributed by atoms with Crippen LogP contribution in [0.4, 0.5) is 4.79 Å². The number of aliphatic hydroxyl groups excluding tert-OH is 2. The van der Waals surface area contributed by atoms with E-state index in [2.05, 4.69) is 16.0 Å².